The van der Waals surface area contributed by atoms with Crippen molar-refractivity contribution in [2.24, 2.45) is 11.7 Å². The summed E-state index contributed by atoms with van der Waals surface area (Å²) in [6.07, 6.45) is 4.65. The van der Waals surface area contributed by atoms with Gasteiger partial charge in [0.05, 0.1) is 6.54 Å². The number of carbonyl (C=O) groups excluding carboxylic acids is 2. The molecule has 2 unspecified atom stereocenters. The van der Waals surface area contributed by atoms with Gasteiger partial charge in [0, 0.05) is 25.6 Å². The molecule has 1 saturated carbocycles. The van der Waals surface area contributed by atoms with Gasteiger partial charge in [-0.3, -0.25) is 9.59 Å². The molecule has 2 rings (SSSR count). The molecule has 0 bridgehead atoms. The Balaban J connectivity index is 0.00000264. The molecule has 1 fully saturated rings. The highest BCUT2D eigenvalue weighted by Gasteiger charge is 2.26. The van der Waals surface area contributed by atoms with Gasteiger partial charge in [-0.1, -0.05) is 18.0 Å². The Hall–Kier alpha value is -1.60. The second-order valence-corrected chi connectivity index (χ2v) is 6.03. The molecule has 130 valence electrons. The van der Waals surface area contributed by atoms with E-state index in [2.05, 4.69) is 10.5 Å². The monoisotopic (exact) mass is 344 g/mol. The molecular formula is C15H25ClN4O3. The van der Waals surface area contributed by atoms with Gasteiger partial charge in [0.1, 0.15) is 5.76 Å². The van der Waals surface area contributed by atoms with E-state index in [-0.39, 0.29) is 42.7 Å². The van der Waals surface area contributed by atoms with Crippen molar-refractivity contribution >= 4 is 30.0 Å². The van der Waals surface area contributed by atoms with Gasteiger partial charge in [-0.25, -0.2) is 0 Å². The van der Waals surface area contributed by atoms with E-state index in [1.165, 1.54) is 4.90 Å². The number of aryl methyl sites for hydroxylation is 1. The molecule has 3 N–H and O–H groups in total. The lowest BCUT2D eigenvalue weighted by molar-refractivity contribution is -0.134. The normalized spacial score (nSPS) is 20.5. The van der Waals surface area contributed by atoms with E-state index in [1.54, 1.807) is 20.0 Å². The minimum Gasteiger partial charge on any atom is -0.360 e. The number of anilines is 1. The third-order valence-electron chi connectivity index (χ3n) is 4.11. The minimum absolute atomic E-state index is 0. The number of nitrogens with two attached hydrogens (primary N) is 1. The summed E-state index contributed by atoms with van der Waals surface area (Å²) in [5, 5.41) is 6.28. The first-order valence-corrected chi connectivity index (χ1v) is 7.68. The molecule has 0 spiro atoms. The molecule has 1 aromatic rings. The Morgan fingerprint density at radius 2 is 2.13 bits per heavy atom. The van der Waals surface area contributed by atoms with Crippen LogP contribution in [0.15, 0.2) is 10.6 Å². The lowest BCUT2D eigenvalue weighted by atomic mass is 9.83. The van der Waals surface area contributed by atoms with Crippen LogP contribution in [0, 0.1) is 12.8 Å². The number of hydrogen-bond acceptors (Lipinski definition) is 5. The van der Waals surface area contributed by atoms with Crippen molar-refractivity contribution in [3.05, 3.63) is 11.8 Å². The van der Waals surface area contributed by atoms with E-state index < -0.39 is 0 Å². The standard InChI is InChI=1S/C15H24N4O3.ClH/c1-10-7-13(18-22-10)17-14(20)9-19(2)15(21)8-11-5-3-4-6-12(11)16;/h7,11-12H,3-6,8-9,16H2,1-2H3,(H,17,18,20);1H. The zero-order valence-corrected chi connectivity index (χ0v) is 14.4. The fourth-order valence-corrected chi connectivity index (χ4v) is 2.78. The van der Waals surface area contributed by atoms with Crippen LogP contribution in [-0.2, 0) is 9.59 Å². The topological polar surface area (TPSA) is 101 Å². The summed E-state index contributed by atoms with van der Waals surface area (Å²) in [4.78, 5) is 25.5. The lowest BCUT2D eigenvalue weighted by Gasteiger charge is -2.29. The average molecular weight is 345 g/mol. The first-order valence-electron chi connectivity index (χ1n) is 7.68. The quantitative estimate of drug-likeness (QED) is 0.846. The summed E-state index contributed by atoms with van der Waals surface area (Å²) in [7, 11) is 1.63. The van der Waals surface area contributed by atoms with Crippen molar-refractivity contribution in [3.8, 4) is 0 Å². The fraction of sp³-hybridized carbons (Fsp3) is 0.667. The maximum Gasteiger partial charge on any atom is 0.245 e. The lowest BCUT2D eigenvalue weighted by Crippen LogP contribution is -2.40. The summed E-state index contributed by atoms with van der Waals surface area (Å²) in [6, 6.07) is 1.72. The maximum absolute atomic E-state index is 12.2. The van der Waals surface area contributed by atoms with Crippen LogP contribution in [0.2, 0.25) is 0 Å². The van der Waals surface area contributed by atoms with E-state index >= 15 is 0 Å². The molecule has 1 heterocycles. The summed E-state index contributed by atoms with van der Waals surface area (Å²) in [5.74, 6) is 0.861. The SMILES string of the molecule is Cc1cc(NC(=O)CN(C)C(=O)CC2CCCCC2N)no1.Cl. The van der Waals surface area contributed by atoms with Crippen molar-refractivity contribution in [1.82, 2.24) is 10.1 Å². The number of carbonyl (C=O) groups is 2. The molecule has 0 aromatic carbocycles. The minimum atomic E-state index is -0.294. The van der Waals surface area contributed by atoms with Gasteiger partial charge in [0.2, 0.25) is 11.8 Å². The molecule has 7 nitrogen and oxygen atoms in total. The van der Waals surface area contributed by atoms with E-state index in [0.29, 0.717) is 18.0 Å². The third-order valence-corrected chi connectivity index (χ3v) is 4.11. The van der Waals surface area contributed by atoms with Crippen molar-refractivity contribution in [2.45, 2.75) is 45.1 Å². The van der Waals surface area contributed by atoms with E-state index in [0.717, 1.165) is 25.7 Å². The van der Waals surface area contributed by atoms with Crippen molar-refractivity contribution in [3.63, 3.8) is 0 Å². The van der Waals surface area contributed by atoms with Gasteiger partial charge < -0.3 is 20.5 Å². The molecule has 2 amide bonds. The molecule has 1 aliphatic carbocycles. The van der Waals surface area contributed by atoms with Gasteiger partial charge in [-0.05, 0) is 25.7 Å². The van der Waals surface area contributed by atoms with Crippen molar-refractivity contribution in [2.75, 3.05) is 18.9 Å². The molecular weight excluding hydrogens is 320 g/mol. The van der Waals surface area contributed by atoms with Crippen LogP contribution in [0.4, 0.5) is 5.82 Å². The van der Waals surface area contributed by atoms with E-state index in [9.17, 15) is 9.59 Å². The third kappa shape index (κ3) is 5.84. The Morgan fingerprint density at radius 3 is 2.74 bits per heavy atom. The zero-order chi connectivity index (χ0) is 16.1. The van der Waals surface area contributed by atoms with Crippen LogP contribution in [0.5, 0.6) is 0 Å². The number of aromatic nitrogens is 1. The fourth-order valence-electron chi connectivity index (χ4n) is 2.78. The highest BCUT2D eigenvalue weighted by atomic mass is 35.5. The average Bonchev–Trinajstić information content (AvgIpc) is 2.86. The van der Waals surface area contributed by atoms with Gasteiger partial charge in [-0.15, -0.1) is 12.4 Å². The molecule has 0 aliphatic heterocycles. The largest absolute Gasteiger partial charge is 0.360 e. The highest BCUT2D eigenvalue weighted by Crippen LogP contribution is 2.26. The van der Waals surface area contributed by atoms with Crippen LogP contribution in [0.1, 0.15) is 37.9 Å². The predicted octanol–water partition coefficient (Wildman–Crippen LogP) is 1.71. The number of nitrogens with zero attached hydrogens (tertiary/aromatic N) is 2. The van der Waals surface area contributed by atoms with E-state index in [1.807, 2.05) is 0 Å². The van der Waals surface area contributed by atoms with Crippen LogP contribution < -0.4 is 11.1 Å². The van der Waals surface area contributed by atoms with Crippen LogP contribution in [0.3, 0.4) is 0 Å². The van der Waals surface area contributed by atoms with Crippen LogP contribution in [-0.4, -0.2) is 41.5 Å². The van der Waals surface area contributed by atoms with Crippen LogP contribution in [0.25, 0.3) is 0 Å². The van der Waals surface area contributed by atoms with Gasteiger partial charge in [-0.2, -0.15) is 0 Å². The Kier molecular flexibility index (Phi) is 7.51. The molecule has 23 heavy (non-hydrogen) atoms. The number of nitrogens with one attached hydrogen (secondary N) is 1. The Labute approximate surface area is 142 Å². The van der Waals surface area contributed by atoms with Crippen molar-refractivity contribution in [1.29, 1.82) is 0 Å². The summed E-state index contributed by atoms with van der Waals surface area (Å²) in [6.45, 7) is 1.73. The number of rotatable bonds is 5. The van der Waals surface area contributed by atoms with Gasteiger partial charge in [0.15, 0.2) is 5.82 Å². The smallest absolute Gasteiger partial charge is 0.245 e. The van der Waals surface area contributed by atoms with Crippen LogP contribution >= 0.6 is 12.4 Å². The highest BCUT2D eigenvalue weighted by molar-refractivity contribution is 5.93. The van der Waals surface area contributed by atoms with Gasteiger partial charge >= 0.3 is 0 Å². The molecule has 1 aromatic heterocycles. The first kappa shape index (κ1) is 19.4. The molecule has 8 heteroatoms. The zero-order valence-electron chi connectivity index (χ0n) is 13.6. The maximum atomic E-state index is 12.2. The second kappa shape index (κ2) is 8.88. The number of hydrogen-bond donors (Lipinski definition) is 2. The predicted molar refractivity (Wildman–Crippen MR) is 89.3 cm³/mol. The number of amides is 2. The molecule has 0 saturated heterocycles. The summed E-state index contributed by atoms with van der Waals surface area (Å²) in [5.41, 5.74) is 6.06. The van der Waals surface area contributed by atoms with E-state index in [4.69, 9.17) is 10.3 Å². The second-order valence-electron chi connectivity index (χ2n) is 6.03. The molecule has 2 atom stereocenters. The van der Waals surface area contributed by atoms with Gasteiger partial charge in [0.25, 0.3) is 0 Å². The summed E-state index contributed by atoms with van der Waals surface area (Å²) >= 11 is 0. The summed E-state index contributed by atoms with van der Waals surface area (Å²) < 4.78 is 4.87. The Morgan fingerprint density at radius 1 is 1.43 bits per heavy atom. The first-order chi connectivity index (χ1) is 10.5. The Bertz CT molecular complexity index is 535. The number of likely N-dealkylation sites (N-methyl/N-ethyl adjacent to an activating group) is 1. The van der Waals surface area contributed by atoms with Crippen molar-refractivity contribution < 1.29 is 14.1 Å². The molecule has 0 radical (unpaired) electrons. The molecule has 1 aliphatic rings. The number of halogens is 1.